The van der Waals surface area contributed by atoms with Gasteiger partial charge in [0, 0.05) is 21.5 Å². The van der Waals surface area contributed by atoms with Crippen LogP contribution in [0.1, 0.15) is 11.1 Å². The second-order valence-electron chi connectivity index (χ2n) is 6.31. The Balaban J connectivity index is 1.67. The molecule has 0 radical (unpaired) electrons. The predicted molar refractivity (Wildman–Crippen MR) is 99.1 cm³/mol. The van der Waals surface area contributed by atoms with Gasteiger partial charge in [0.2, 0.25) is 0 Å². The predicted octanol–water partition coefficient (Wildman–Crippen LogP) is 4.07. The van der Waals surface area contributed by atoms with Gasteiger partial charge in [-0.05, 0) is 29.7 Å². The molecule has 0 bridgehead atoms. The molecule has 0 amide bonds. The van der Waals surface area contributed by atoms with E-state index in [1.54, 1.807) is 24.3 Å². The summed E-state index contributed by atoms with van der Waals surface area (Å²) in [6.45, 7) is 0.689. The molecule has 0 saturated heterocycles. The third-order valence-electron chi connectivity index (χ3n) is 4.75. The Morgan fingerprint density at radius 2 is 1.92 bits per heavy atom. The van der Waals surface area contributed by atoms with Crippen LogP contribution in [0.3, 0.4) is 0 Å². The highest BCUT2D eigenvalue weighted by molar-refractivity contribution is 7.93. The first-order chi connectivity index (χ1) is 12.6. The fraction of sp³-hybridized carbons (Fsp3) is 0.158. The lowest BCUT2D eigenvalue weighted by Crippen LogP contribution is -2.27. The average molecular weight is 388 g/mol. The third kappa shape index (κ3) is 2.23. The van der Waals surface area contributed by atoms with Gasteiger partial charge in [-0.15, -0.1) is 0 Å². The van der Waals surface area contributed by atoms with E-state index < -0.39 is 10.0 Å². The Bertz CT molecular complexity index is 1150. The molecule has 3 aromatic carbocycles. The Labute approximate surface area is 155 Å². The fourth-order valence-corrected chi connectivity index (χ4v) is 5.61. The highest BCUT2D eigenvalue weighted by atomic mass is 35.5. The highest BCUT2D eigenvalue weighted by Crippen LogP contribution is 2.44. The number of sulfonamides is 1. The summed E-state index contributed by atoms with van der Waals surface area (Å²) in [5, 5.41) is 2.19. The topological polar surface area (TPSA) is 55.8 Å². The number of benzene rings is 3. The Morgan fingerprint density at radius 3 is 2.77 bits per heavy atom. The van der Waals surface area contributed by atoms with Gasteiger partial charge in [-0.3, -0.25) is 4.31 Å². The molecule has 0 atom stereocenters. The quantitative estimate of drug-likeness (QED) is 0.665. The van der Waals surface area contributed by atoms with E-state index in [0.717, 1.165) is 21.9 Å². The first kappa shape index (κ1) is 15.9. The van der Waals surface area contributed by atoms with Crippen molar-refractivity contribution in [3.63, 3.8) is 0 Å². The third-order valence-corrected chi connectivity index (χ3v) is 6.77. The van der Waals surface area contributed by atoms with E-state index in [9.17, 15) is 8.42 Å². The van der Waals surface area contributed by atoms with Crippen LogP contribution < -0.4 is 9.04 Å². The van der Waals surface area contributed by atoms with E-state index in [2.05, 4.69) is 0 Å². The van der Waals surface area contributed by atoms with Gasteiger partial charge in [-0.25, -0.2) is 8.42 Å². The number of hydrogen-bond donors (Lipinski definition) is 0. The maximum absolute atomic E-state index is 13.1. The van der Waals surface area contributed by atoms with Crippen LogP contribution in [0.15, 0.2) is 53.4 Å². The summed E-state index contributed by atoms with van der Waals surface area (Å²) in [4.78, 5) is 0.339. The molecule has 7 heteroatoms. The number of ether oxygens (including phenoxy) is 2. The van der Waals surface area contributed by atoms with Crippen molar-refractivity contribution in [2.75, 3.05) is 11.1 Å². The van der Waals surface area contributed by atoms with Crippen LogP contribution in [0.4, 0.5) is 5.69 Å². The van der Waals surface area contributed by atoms with Crippen molar-refractivity contribution in [1.29, 1.82) is 0 Å². The zero-order valence-electron chi connectivity index (χ0n) is 13.6. The van der Waals surface area contributed by atoms with Gasteiger partial charge >= 0.3 is 0 Å². The molecule has 0 unspecified atom stereocenters. The number of fused-ring (bicyclic) bond motifs is 1. The minimum Gasteiger partial charge on any atom is -0.467 e. The maximum atomic E-state index is 13.1. The zero-order chi connectivity index (χ0) is 17.9. The van der Waals surface area contributed by atoms with Crippen LogP contribution in [0, 0.1) is 0 Å². The van der Waals surface area contributed by atoms with Crippen LogP contribution in [-0.4, -0.2) is 15.2 Å². The molecule has 5 rings (SSSR count). The summed E-state index contributed by atoms with van der Waals surface area (Å²) in [5.41, 5.74) is 2.23. The smallest absolute Gasteiger partial charge is 0.265 e. The van der Waals surface area contributed by atoms with Crippen molar-refractivity contribution in [2.45, 2.75) is 18.0 Å². The van der Waals surface area contributed by atoms with E-state index in [0.29, 0.717) is 28.0 Å². The van der Waals surface area contributed by atoms with Gasteiger partial charge in [0.15, 0.2) is 6.79 Å². The molecule has 26 heavy (non-hydrogen) atoms. The molecular weight excluding hydrogens is 374 g/mol. The molecule has 5 nitrogen and oxygen atoms in total. The lowest BCUT2D eigenvalue weighted by atomic mass is 10.1. The highest BCUT2D eigenvalue weighted by Gasteiger charge is 2.36. The molecular formula is C19H14ClNO4S. The van der Waals surface area contributed by atoms with Crippen molar-refractivity contribution in [1.82, 2.24) is 0 Å². The average Bonchev–Trinajstić information content (AvgIpc) is 2.85. The van der Waals surface area contributed by atoms with Gasteiger partial charge in [-0.1, -0.05) is 35.9 Å². The molecule has 0 aliphatic carbocycles. The Kier molecular flexibility index (Phi) is 3.44. The summed E-state index contributed by atoms with van der Waals surface area (Å²) in [7, 11) is -3.63. The van der Waals surface area contributed by atoms with E-state index >= 15 is 0 Å². The molecule has 2 aliphatic rings. The van der Waals surface area contributed by atoms with Gasteiger partial charge < -0.3 is 9.47 Å². The minimum atomic E-state index is -3.63. The van der Waals surface area contributed by atoms with Crippen LogP contribution in [0.25, 0.3) is 10.8 Å². The summed E-state index contributed by atoms with van der Waals surface area (Å²) in [6.07, 6.45) is 0. The largest absolute Gasteiger partial charge is 0.467 e. The van der Waals surface area contributed by atoms with E-state index in [-0.39, 0.29) is 13.3 Å². The first-order valence-electron chi connectivity index (χ1n) is 8.12. The van der Waals surface area contributed by atoms with Crippen molar-refractivity contribution < 1.29 is 17.9 Å². The minimum absolute atomic E-state index is 0.143. The van der Waals surface area contributed by atoms with Crippen LogP contribution in [0.5, 0.6) is 5.75 Å². The van der Waals surface area contributed by atoms with Crippen LogP contribution >= 0.6 is 11.6 Å². The first-order valence-corrected chi connectivity index (χ1v) is 9.94. The number of halogens is 1. The second-order valence-corrected chi connectivity index (χ2v) is 8.57. The number of anilines is 1. The van der Waals surface area contributed by atoms with E-state index in [1.807, 2.05) is 24.3 Å². The molecule has 132 valence electrons. The number of nitrogens with zero attached hydrogens (tertiary/aromatic N) is 1. The standard InChI is InChI=1S/C19H14ClNO4S/c20-15-7-13(19-14(8-15)10-24-11-25-19)9-21-16-5-1-3-12-4-2-6-17(18(12)16)26(21,22)23/h1-8H,9-11H2. The van der Waals surface area contributed by atoms with Crippen molar-refractivity contribution in [3.05, 3.63) is 64.7 Å². The SMILES string of the molecule is O=S1(=O)c2cccc3cccc(c23)N1Cc1cc(Cl)cc2c1OCOC2. The van der Waals surface area contributed by atoms with E-state index in [4.69, 9.17) is 21.1 Å². The normalized spacial score (nSPS) is 17.2. The number of hydrogen-bond acceptors (Lipinski definition) is 4. The fourth-order valence-electron chi connectivity index (χ4n) is 3.66. The van der Waals surface area contributed by atoms with Crippen molar-refractivity contribution in [2.24, 2.45) is 0 Å². The Morgan fingerprint density at radius 1 is 1.12 bits per heavy atom. The lowest BCUT2D eigenvalue weighted by Gasteiger charge is -2.24. The maximum Gasteiger partial charge on any atom is 0.265 e. The zero-order valence-corrected chi connectivity index (χ0v) is 15.2. The molecule has 2 heterocycles. The Hall–Kier alpha value is -2.28. The second kappa shape index (κ2) is 5.61. The molecule has 0 N–H and O–H groups in total. The van der Waals surface area contributed by atoms with Gasteiger partial charge in [0.05, 0.1) is 23.7 Å². The number of rotatable bonds is 2. The summed E-state index contributed by atoms with van der Waals surface area (Å²) in [6, 6.07) is 14.5. The summed E-state index contributed by atoms with van der Waals surface area (Å²) in [5.74, 6) is 0.652. The summed E-state index contributed by atoms with van der Waals surface area (Å²) >= 11 is 6.23. The monoisotopic (exact) mass is 387 g/mol. The molecule has 0 spiro atoms. The molecule has 0 aromatic heterocycles. The van der Waals surface area contributed by atoms with E-state index in [1.165, 1.54) is 4.31 Å². The molecule has 2 aliphatic heterocycles. The van der Waals surface area contributed by atoms with Gasteiger partial charge in [0.25, 0.3) is 10.0 Å². The summed E-state index contributed by atoms with van der Waals surface area (Å²) < 4.78 is 38.7. The van der Waals surface area contributed by atoms with Gasteiger partial charge in [-0.2, -0.15) is 0 Å². The lowest BCUT2D eigenvalue weighted by molar-refractivity contribution is -0.0170. The van der Waals surface area contributed by atoms with Crippen LogP contribution in [0.2, 0.25) is 5.02 Å². The molecule has 0 saturated carbocycles. The molecule has 3 aromatic rings. The van der Waals surface area contributed by atoms with Crippen molar-refractivity contribution >= 4 is 38.1 Å². The van der Waals surface area contributed by atoms with Crippen molar-refractivity contribution in [3.8, 4) is 5.75 Å². The van der Waals surface area contributed by atoms with Crippen LogP contribution in [-0.2, 0) is 27.9 Å². The van der Waals surface area contributed by atoms with Gasteiger partial charge in [0.1, 0.15) is 5.75 Å². The molecule has 0 fully saturated rings.